The van der Waals surface area contributed by atoms with Gasteiger partial charge in [-0.25, -0.2) is 8.42 Å². The molecule has 2 amide bonds. The van der Waals surface area contributed by atoms with Crippen LogP contribution in [-0.2, 0) is 19.6 Å². The summed E-state index contributed by atoms with van der Waals surface area (Å²) in [6.45, 7) is 6.43. The Balaban J connectivity index is 1.79. The molecule has 0 aromatic heterocycles. The van der Waals surface area contributed by atoms with Crippen LogP contribution in [0.4, 0.5) is 11.4 Å². The van der Waals surface area contributed by atoms with Crippen molar-refractivity contribution in [1.29, 1.82) is 0 Å². The predicted molar refractivity (Wildman–Crippen MR) is 129 cm³/mol. The number of amides is 2. The second kappa shape index (κ2) is 10.4. The maximum Gasteiger partial charge on any atom is 0.253 e. The SMILES string of the molecule is Cc1ccc(N([C@@H](C)C(=O)Nc2ccccc2C(=O)NC[C@H]2CCCO2)S(C)(=O)=O)cc1C. The smallest absolute Gasteiger partial charge is 0.253 e. The van der Waals surface area contributed by atoms with Gasteiger partial charge in [-0.05, 0) is 69.0 Å². The molecule has 178 valence electrons. The maximum absolute atomic E-state index is 13.1. The van der Waals surface area contributed by atoms with E-state index >= 15 is 0 Å². The van der Waals surface area contributed by atoms with Gasteiger partial charge in [0.2, 0.25) is 15.9 Å². The Hall–Kier alpha value is -2.91. The van der Waals surface area contributed by atoms with E-state index in [1.54, 1.807) is 36.4 Å². The highest BCUT2D eigenvalue weighted by atomic mass is 32.2. The summed E-state index contributed by atoms with van der Waals surface area (Å²) in [5, 5.41) is 5.58. The van der Waals surface area contributed by atoms with E-state index in [1.807, 2.05) is 19.9 Å². The number of rotatable bonds is 8. The van der Waals surface area contributed by atoms with Gasteiger partial charge in [0.25, 0.3) is 5.91 Å². The lowest BCUT2D eigenvalue weighted by Crippen LogP contribution is -2.45. The first kappa shape index (κ1) is 24.7. The summed E-state index contributed by atoms with van der Waals surface area (Å²) in [5.74, 6) is -0.874. The van der Waals surface area contributed by atoms with E-state index in [0.717, 1.165) is 34.5 Å². The molecule has 0 unspecified atom stereocenters. The molecule has 0 saturated carbocycles. The molecule has 9 heteroatoms. The average Bonchev–Trinajstić information content (AvgIpc) is 3.27. The summed E-state index contributed by atoms with van der Waals surface area (Å²) in [6, 6.07) is 10.8. The molecule has 0 radical (unpaired) electrons. The van der Waals surface area contributed by atoms with Gasteiger partial charge in [-0.3, -0.25) is 13.9 Å². The fraction of sp³-hybridized carbons (Fsp3) is 0.417. The highest BCUT2D eigenvalue weighted by Gasteiger charge is 2.30. The number of nitrogens with one attached hydrogen (secondary N) is 2. The van der Waals surface area contributed by atoms with Crippen molar-refractivity contribution in [3.8, 4) is 0 Å². The Morgan fingerprint density at radius 2 is 1.88 bits per heavy atom. The van der Waals surface area contributed by atoms with Gasteiger partial charge >= 0.3 is 0 Å². The average molecular weight is 474 g/mol. The van der Waals surface area contributed by atoms with E-state index in [-0.39, 0.29) is 12.0 Å². The molecule has 0 bridgehead atoms. The summed E-state index contributed by atoms with van der Waals surface area (Å²) >= 11 is 0. The standard InChI is InChI=1S/C24H31N3O5S/c1-16-11-12-19(14-17(16)2)27(33(4,30)31)18(3)23(28)26-22-10-6-5-9-21(22)24(29)25-15-20-8-7-13-32-20/h5-6,9-12,14,18,20H,7-8,13,15H2,1-4H3,(H,25,29)(H,26,28)/t18-,20+/m0/s1. The lowest BCUT2D eigenvalue weighted by Gasteiger charge is -2.29. The van der Waals surface area contributed by atoms with Crippen molar-refractivity contribution in [3.05, 3.63) is 59.2 Å². The second-order valence-electron chi connectivity index (χ2n) is 8.38. The van der Waals surface area contributed by atoms with E-state index in [1.165, 1.54) is 6.92 Å². The third-order valence-corrected chi connectivity index (χ3v) is 7.02. The normalized spacial score (nSPS) is 16.8. The van der Waals surface area contributed by atoms with Gasteiger partial charge < -0.3 is 15.4 Å². The molecule has 0 aliphatic carbocycles. The number of benzene rings is 2. The van der Waals surface area contributed by atoms with E-state index in [4.69, 9.17) is 4.74 Å². The summed E-state index contributed by atoms with van der Waals surface area (Å²) in [6.07, 6.45) is 2.94. The molecule has 33 heavy (non-hydrogen) atoms. The molecule has 2 atom stereocenters. The predicted octanol–water partition coefficient (Wildman–Crippen LogP) is 3.01. The number of para-hydroxylation sites is 1. The lowest BCUT2D eigenvalue weighted by molar-refractivity contribution is -0.116. The fourth-order valence-electron chi connectivity index (χ4n) is 3.81. The van der Waals surface area contributed by atoms with Crippen molar-refractivity contribution in [3.63, 3.8) is 0 Å². The molecule has 3 rings (SSSR count). The lowest BCUT2D eigenvalue weighted by atomic mass is 10.1. The van der Waals surface area contributed by atoms with Crippen molar-refractivity contribution >= 4 is 33.2 Å². The Kier molecular flexibility index (Phi) is 7.76. The summed E-state index contributed by atoms with van der Waals surface area (Å²) in [4.78, 5) is 25.8. The summed E-state index contributed by atoms with van der Waals surface area (Å²) in [5.41, 5.74) is 2.96. The molecule has 1 aliphatic rings. The first-order valence-electron chi connectivity index (χ1n) is 10.9. The highest BCUT2D eigenvalue weighted by Crippen LogP contribution is 2.25. The van der Waals surface area contributed by atoms with Crippen LogP contribution in [0.1, 0.15) is 41.3 Å². The van der Waals surface area contributed by atoms with Gasteiger partial charge in [0.1, 0.15) is 6.04 Å². The number of carbonyl (C=O) groups excluding carboxylic acids is 2. The van der Waals surface area contributed by atoms with Crippen LogP contribution in [0, 0.1) is 13.8 Å². The molecular weight excluding hydrogens is 442 g/mol. The molecule has 1 heterocycles. The quantitative estimate of drug-likeness (QED) is 0.613. The van der Waals surface area contributed by atoms with Crippen LogP contribution in [-0.4, -0.2) is 51.8 Å². The third kappa shape index (κ3) is 6.11. The molecule has 2 aromatic carbocycles. The van der Waals surface area contributed by atoms with Gasteiger partial charge in [-0.2, -0.15) is 0 Å². The minimum Gasteiger partial charge on any atom is -0.376 e. The van der Waals surface area contributed by atoms with E-state index in [9.17, 15) is 18.0 Å². The molecule has 0 spiro atoms. The number of ether oxygens (including phenoxy) is 1. The van der Waals surface area contributed by atoms with Gasteiger partial charge in [-0.15, -0.1) is 0 Å². The van der Waals surface area contributed by atoms with Crippen LogP contribution < -0.4 is 14.9 Å². The van der Waals surface area contributed by atoms with Gasteiger partial charge in [0.05, 0.1) is 29.3 Å². The van der Waals surface area contributed by atoms with Gasteiger partial charge in [0, 0.05) is 13.2 Å². The number of anilines is 2. The van der Waals surface area contributed by atoms with Crippen LogP contribution in [0.3, 0.4) is 0 Å². The number of carbonyl (C=O) groups is 2. The second-order valence-corrected chi connectivity index (χ2v) is 10.2. The monoisotopic (exact) mass is 473 g/mol. The number of nitrogens with zero attached hydrogens (tertiary/aromatic N) is 1. The van der Waals surface area contributed by atoms with Crippen LogP contribution in [0.25, 0.3) is 0 Å². The van der Waals surface area contributed by atoms with Crippen molar-refractivity contribution in [2.45, 2.75) is 45.8 Å². The topological polar surface area (TPSA) is 105 Å². The van der Waals surface area contributed by atoms with E-state index in [2.05, 4.69) is 10.6 Å². The highest BCUT2D eigenvalue weighted by molar-refractivity contribution is 7.92. The minimum absolute atomic E-state index is 0.00277. The molecule has 1 saturated heterocycles. The zero-order chi connectivity index (χ0) is 24.2. The van der Waals surface area contributed by atoms with Crippen molar-refractivity contribution in [2.24, 2.45) is 0 Å². The maximum atomic E-state index is 13.1. The Morgan fingerprint density at radius 1 is 1.15 bits per heavy atom. The number of sulfonamides is 1. The van der Waals surface area contributed by atoms with Crippen LogP contribution in [0.5, 0.6) is 0 Å². The van der Waals surface area contributed by atoms with Gasteiger partial charge in [0.15, 0.2) is 0 Å². The zero-order valence-corrected chi connectivity index (χ0v) is 20.2. The van der Waals surface area contributed by atoms with Gasteiger partial charge in [-0.1, -0.05) is 18.2 Å². The molecular formula is C24H31N3O5S. The summed E-state index contributed by atoms with van der Waals surface area (Å²) in [7, 11) is -3.75. The van der Waals surface area contributed by atoms with E-state index < -0.39 is 22.0 Å². The third-order valence-electron chi connectivity index (χ3n) is 5.78. The van der Waals surface area contributed by atoms with E-state index in [0.29, 0.717) is 30.1 Å². The first-order valence-corrected chi connectivity index (χ1v) is 12.8. The number of aryl methyl sites for hydroxylation is 2. The molecule has 2 aromatic rings. The Morgan fingerprint density at radius 3 is 2.52 bits per heavy atom. The van der Waals surface area contributed by atoms with Crippen LogP contribution >= 0.6 is 0 Å². The van der Waals surface area contributed by atoms with Crippen LogP contribution in [0.2, 0.25) is 0 Å². The Labute approximate surface area is 195 Å². The van der Waals surface area contributed by atoms with Crippen molar-refractivity contribution in [1.82, 2.24) is 5.32 Å². The van der Waals surface area contributed by atoms with Crippen molar-refractivity contribution in [2.75, 3.05) is 29.0 Å². The summed E-state index contributed by atoms with van der Waals surface area (Å²) < 4.78 is 31.8. The number of hydrogen-bond donors (Lipinski definition) is 2. The largest absolute Gasteiger partial charge is 0.376 e. The first-order chi connectivity index (χ1) is 15.6. The minimum atomic E-state index is -3.75. The molecule has 1 aliphatic heterocycles. The zero-order valence-electron chi connectivity index (χ0n) is 19.4. The molecule has 2 N–H and O–H groups in total. The number of hydrogen-bond acceptors (Lipinski definition) is 5. The Bertz CT molecular complexity index is 1130. The molecule has 8 nitrogen and oxygen atoms in total. The molecule has 1 fully saturated rings. The fourth-order valence-corrected chi connectivity index (χ4v) is 4.97. The van der Waals surface area contributed by atoms with Crippen molar-refractivity contribution < 1.29 is 22.7 Å². The van der Waals surface area contributed by atoms with Crippen LogP contribution in [0.15, 0.2) is 42.5 Å².